The molecular formula is C29H26N2. The zero-order chi connectivity index (χ0) is 21.3. The molecule has 0 saturated carbocycles. The van der Waals surface area contributed by atoms with Crippen LogP contribution >= 0.6 is 0 Å². The molecule has 0 unspecified atom stereocenters. The molecular weight excluding hydrogens is 376 g/mol. The van der Waals surface area contributed by atoms with Crippen LogP contribution in [-0.4, -0.2) is 9.13 Å². The summed E-state index contributed by atoms with van der Waals surface area (Å²) in [5, 5.41) is 5.22. The Hall–Kier alpha value is -3.52. The van der Waals surface area contributed by atoms with E-state index in [2.05, 4.69) is 122 Å². The Bertz CT molecular complexity index is 1620. The maximum atomic E-state index is 2.52. The Kier molecular flexibility index (Phi) is 3.68. The minimum atomic E-state index is -0.0495. The summed E-state index contributed by atoms with van der Waals surface area (Å²) < 4.78 is 4.98. The number of hydrogen-bond acceptors (Lipinski definition) is 0. The van der Waals surface area contributed by atoms with Crippen molar-refractivity contribution in [3.8, 4) is 5.69 Å². The van der Waals surface area contributed by atoms with E-state index in [9.17, 15) is 0 Å². The molecule has 2 heteroatoms. The van der Waals surface area contributed by atoms with Gasteiger partial charge in [-0.2, -0.15) is 0 Å². The van der Waals surface area contributed by atoms with Crippen molar-refractivity contribution in [2.24, 2.45) is 0 Å². The standard InChI is InChI=1S/C29H26N2/c1-19-16-17-22-20-10-5-7-13-24(20)30(27(22)18-19)26-15-9-12-23-21-11-6-8-14-25(21)31(28(23)26)29(2,3)4/h5-18H,1-4H3. The maximum Gasteiger partial charge on any atom is 0.0741 e. The Balaban J connectivity index is 1.88. The van der Waals surface area contributed by atoms with Crippen molar-refractivity contribution < 1.29 is 0 Å². The molecule has 4 aromatic carbocycles. The van der Waals surface area contributed by atoms with Gasteiger partial charge in [-0.3, -0.25) is 0 Å². The molecule has 0 aliphatic carbocycles. The van der Waals surface area contributed by atoms with Crippen LogP contribution in [0.25, 0.3) is 49.3 Å². The van der Waals surface area contributed by atoms with Crippen LogP contribution in [0.2, 0.25) is 0 Å². The highest BCUT2D eigenvalue weighted by Gasteiger charge is 2.24. The molecule has 0 fully saturated rings. The van der Waals surface area contributed by atoms with E-state index in [1.54, 1.807) is 0 Å². The van der Waals surface area contributed by atoms with Crippen molar-refractivity contribution in [2.45, 2.75) is 33.2 Å². The highest BCUT2D eigenvalue weighted by molar-refractivity contribution is 6.14. The summed E-state index contributed by atoms with van der Waals surface area (Å²) in [4.78, 5) is 0. The second kappa shape index (κ2) is 6.24. The highest BCUT2D eigenvalue weighted by atomic mass is 15.1. The summed E-state index contributed by atoms with van der Waals surface area (Å²) in [5.41, 5.74) is 7.56. The van der Waals surface area contributed by atoms with E-state index in [0.717, 1.165) is 0 Å². The number of benzene rings is 4. The molecule has 6 aromatic rings. The van der Waals surface area contributed by atoms with Crippen LogP contribution in [0.4, 0.5) is 0 Å². The first-order valence-electron chi connectivity index (χ1n) is 11.0. The van der Waals surface area contributed by atoms with Crippen LogP contribution in [0, 0.1) is 6.92 Å². The van der Waals surface area contributed by atoms with Gasteiger partial charge in [0.05, 0.1) is 22.2 Å². The Morgan fingerprint density at radius 3 is 1.94 bits per heavy atom. The van der Waals surface area contributed by atoms with Gasteiger partial charge in [0.1, 0.15) is 0 Å². The lowest BCUT2D eigenvalue weighted by atomic mass is 10.1. The predicted molar refractivity (Wildman–Crippen MR) is 134 cm³/mol. The molecule has 31 heavy (non-hydrogen) atoms. The monoisotopic (exact) mass is 402 g/mol. The van der Waals surface area contributed by atoms with Crippen LogP contribution in [0.15, 0.2) is 84.9 Å². The minimum Gasteiger partial charge on any atom is -0.333 e. The van der Waals surface area contributed by atoms with Crippen LogP contribution in [-0.2, 0) is 5.54 Å². The summed E-state index contributed by atoms with van der Waals surface area (Å²) in [5.74, 6) is 0. The number of aromatic nitrogens is 2. The zero-order valence-corrected chi connectivity index (χ0v) is 18.5. The molecule has 152 valence electrons. The summed E-state index contributed by atoms with van der Waals surface area (Å²) in [6.07, 6.45) is 0. The van der Waals surface area contributed by atoms with Gasteiger partial charge < -0.3 is 9.13 Å². The molecule has 2 nitrogen and oxygen atoms in total. The Morgan fingerprint density at radius 2 is 1.19 bits per heavy atom. The van der Waals surface area contributed by atoms with E-state index in [1.807, 2.05) is 0 Å². The number of hydrogen-bond donors (Lipinski definition) is 0. The maximum absolute atomic E-state index is 2.52. The lowest BCUT2D eigenvalue weighted by Crippen LogP contribution is -2.22. The molecule has 0 aliphatic heterocycles. The van der Waals surface area contributed by atoms with Crippen molar-refractivity contribution in [2.75, 3.05) is 0 Å². The Morgan fingerprint density at radius 1 is 0.581 bits per heavy atom. The molecule has 2 heterocycles. The smallest absolute Gasteiger partial charge is 0.0741 e. The average Bonchev–Trinajstić information content (AvgIpc) is 3.26. The fraction of sp³-hybridized carbons (Fsp3) is 0.172. The van der Waals surface area contributed by atoms with E-state index in [4.69, 9.17) is 0 Å². The van der Waals surface area contributed by atoms with Gasteiger partial charge in [-0.25, -0.2) is 0 Å². The van der Waals surface area contributed by atoms with Crippen molar-refractivity contribution in [3.05, 3.63) is 90.5 Å². The van der Waals surface area contributed by atoms with Crippen LogP contribution in [0.5, 0.6) is 0 Å². The quantitative estimate of drug-likeness (QED) is 0.264. The zero-order valence-electron chi connectivity index (χ0n) is 18.5. The topological polar surface area (TPSA) is 9.86 Å². The molecule has 0 radical (unpaired) electrons. The SMILES string of the molecule is Cc1ccc2c3ccccc3n(-c3cccc4c5ccccc5n(C(C)(C)C)c34)c2c1. The third-order valence-corrected chi connectivity index (χ3v) is 6.41. The molecule has 0 amide bonds. The van der Waals surface area contributed by atoms with Gasteiger partial charge in [0.25, 0.3) is 0 Å². The molecule has 0 spiro atoms. The van der Waals surface area contributed by atoms with Gasteiger partial charge in [0.15, 0.2) is 0 Å². The van der Waals surface area contributed by atoms with Crippen molar-refractivity contribution in [1.82, 2.24) is 9.13 Å². The summed E-state index contributed by atoms with van der Waals surface area (Å²) in [7, 11) is 0. The Labute approximate surface area is 182 Å². The van der Waals surface area contributed by atoms with E-state index in [0.29, 0.717) is 0 Å². The second-order valence-corrected chi connectivity index (χ2v) is 9.57. The number of aryl methyl sites for hydroxylation is 1. The number of rotatable bonds is 1. The molecule has 0 atom stereocenters. The fourth-order valence-electron chi connectivity index (χ4n) is 5.22. The first-order valence-corrected chi connectivity index (χ1v) is 11.0. The van der Waals surface area contributed by atoms with Crippen molar-refractivity contribution in [1.29, 1.82) is 0 Å². The first-order chi connectivity index (χ1) is 14.9. The first kappa shape index (κ1) is 18.3. The fourth-order valence-corrected chi connectivity index (χ4v) is 5.22. The normalized spacial score (nSPS) is 12.5. The molecule has 0 N–H and O–H groups in total. The molecule has 2 aromatic heterocycles. The molecule has 6 rings (SSSR count). The lowest BCUT2D eigenvalue weighted by Gasteiger charge is -2.25. The summed E-state index contributed by atoms with van der Waals surface area (Å²) >= 11 is 0. The average molecular weight is 403 g/mol. The van der Waals surface area contributed by atoms with E-state index in [1.165, 1.54) is 54.9 Å². The van der Waals surface area contributed by atoms with Crippen LogP contribution in [0.1, 0.15) is 26.3 Å². The highest BCUT2D eigenvalue weighted by Crippen LogP contribution is 2.40. The van der Waals surface area contributed by atoms with E-state index < -0.39 is 0 Å². The van der Waals surface area contributed by atoms with Crippen molar-refractivity contribution in [3.63, 3.8) is 0 Å². The summed E-state index contributed by atoms with van der Waals surface area (Å²) in [6.45, 7) is 9.07. The largest absolute Gasteiger partial charge is 0.333 e. The van der Waals surface area contributed by atoms with Crippen LogP contribution < -0.4 is 0 Å². The van der Waals surface area contributed by atoms with Crippen LogP contribution in [0.3, 0.4) is 0 Å². The van der Waals surface area contributed by atoms with Gasteiger partial charge >= 0.3 is 0 Å². The third kappa shape index (κ3) is 2.51. The number of nitrogens with zero attached hydrogens (tertiary/aromatic N) is 2. The number of fused-ring (bicyclic) bond motifs is 6. The third-order valence-electron chi connectivity index (χ3n) is 6.41. The van der Waals surface area contributed by atoms with Gasteiger partial charge in [-0.15, -0.1) is 0 Å². The molecule has 0 saturated heterocycles. The predicted octanol–water partition coefficient (Wildman–Crippen LogP) is 7.96. The summed E-state index contributed by atoms with van der Waals surface area (Å²) in [6, 6.07) is 31.1. The van der Waals surface area contributed by atoms with Gasteiger partial charge in [-0.05, 0) is 57.5 Å². The number of para-hydroxylation sites is 3. The van der Waals surface area contributed by atoms with Gasteiger partial charge in [0.2, 0.25) is 0 Å². The lowest BCUT2D eigenvalue weighted by molar-refractivity contribution is 0.423. The van der Waals surface area contributed by atoms with E-state index in [-0.39, 0.29) is 5.54 Å². The second-order valence-electron chi connectivity index (χ2n) is 9.57. The van der Waals surface area contributed by atoms with Gasteiger partial charge in [-0.1, -0.05) is 60.7 Å². The van der Waals surface area contributed by atoms with Gasteiger partial charge in [0, 0.05) is 32.6 Å². The molecule has 0 bridgehead atoms. The minimum absolute atomic E-state index is 0.0495. The molecule has 0 aliphatic rings. The van der Waals surface area contributed by atoms with Crippen molar-refractivity contribution >= 4 is 43.6 Å². The van der Waals surface area contributed by atoms with E-state index >= 15 is 0 Å².